The van der Waals surface area contributed by atoms with E-state index in [-0.39, 0.29) is 5.97 Å². The minimum absolute atomic E-state index is 0.286. The number of methoxy groups -OCH3 is 1. The summed E-state index contributed by atoms with van der Waals surface area (Å²) in [5, 5.41) is 0. The Morgan fingerprint density at radius 1 is 1.50 bits per heavy atom. The second kappa shape index (κ2) is 5.35. The van der Waals surface area contributed by atoms with Gasteiger partial charge < -0.3 is 10.5 Å². The smallest absolute Gasteiger partial charge is 0.322 e. The van der Waals surface area contributed by atoms with E-state index in [0.717, 1.165) is 18.8 Å². The van der Waals surface area contributed by atoms with Crippen LogP contribution in [-0.2, 0) is 9.53 Å². The molecule has 1 rings (SSSR count). The fourth-order valence-electron chi connectivity index (χ4n) is 1.96. The van der Waals surface area contributed by atoms with Crippen molar-refractivity contribution in [1.82, 2.24) is 0 Å². The highest BCUT2D eigenvalue weighted by Gasteiger charge is 2.24. The van der Waals surface area contributed by atoms with Gasteiger partial charge in [-0.05, 0) is 24.7 Å². The summed E-state index contributed by atoms with van der Waals surface area (Å²) < 4.78 is 4.58. The Bertz CT molecular complexity index is 190. The van der Waals surface area contributed by atoms with Crippen molar-refractivity contribution in [3.63, 3.8) is 0 Å². The molecule has 1 fully saturated rings. The predicted octanol–water partition coefficient (Wildman–Crippen LogP) is 1.70. The van der Waals surface area contributed by atoms with Gasteiger partial charge in [0.25, 0.3) is 0 Å². The Hall–Kier alpha value is -0.570. The van der Waals surface area contributed by atoms with Crippen LogP contribution in [0.2, 0.25) is 0 Å². The van der Waals surface area contributed by atoms with Crippen molar-refractivity contribution in [2.45, 2.75) is 45.1 Å². The van der Waals surface area contributed by atoms with E-state index in [1.165, 1.54) is 26.4 Å². The summed E-state index contributed by atoms with van der Waals surface area (Å²) >= 11 is 0. The lowest BCUT2D eigenvalue weighted by Crippen LogP contribution is -2.32. The molecule has 1 aliphatic rings. The topological polar surface area (TPSA) is 52.3 Å². The monoisotopic (exact) mass is 199 g/mol. The Kier molecular flexibility index (Phi) is 4.39. The first kappa shape index (κ1) is 11.5. The maximum Gasteiger partial charge on any atom is 0.322 e. The highest BCUT2D eigenvalue weighted by Crippen LogP contribution is 2.35. The molecule has 0 aromatic carbocycles. The number of carbonyl (C=O) groups excluding carboxylic acids is 1. The standard InChI is InChI=1S/C11H21NO2/c1-8(9-4-3-5-9)6-7-10(12)11(13)14-2/h8-10H,3-7,12H2,1-2H3. The summed E-state index contributed by atoms with van der Waals surface area (Å²) in [4.78, 5) is 11.0. The van der Waals surface area contributed by atoms with Gasteiger partial charge in [-0.25, -0.2) is 0 Å². The number of ether oxygens (including phenoxy) is 1. The van der Waals surface area contributed by atoms with E-state index in [1.807, 2.05) is 0 Å². The molecule has 2 N–H and O–H groups in total. The van der Waals surface area contributed by atoms with Gasteiger partial charge in [0.05, 0.1) is 7.11 Å². The van der Waals surface area contributed by atoms with Gasteiger partial charge in [-0.3, -0.25) is 4.79 Å². The number of rotatable bonds is 5. The molecule has 1 aliphatic carbocycles. The molecule has 82 valence electrons. The molecule has 0 spiro atoms. The van der Waals surface area contributed by atoms with Gasteiger partial charge in [0, 0.05) is 0 Å². The third-order valence-corrected chi connectivity index (χ3v) is 3.39. The Morgan fingerprint density at radius 3 is 2.57 bits per heavy atom. The van der Waals surface area contributed by atoms with Crippen molar-refractivity contribution in [3.8, 4) is 0 Å². The van der Waals surface area contributed by atoms with Gasteiger partial charge >= 0.3 is 5.97 Å². The molecular formula is C11H21NO2. The van der Waals surface area contributed by atoms with E-state index >= 15 is 0 Å². The van der Waals surface area contributed by atoms with Crippen LogP contribution in [-0.4, -0.2) is 19.1 Å². The molecule has 0 heterocycles. The molecule has 2 unspecified atom stereocenters. The van der Waals surface area contributed by atoms with Crippen molar-refractivity contribution in [2.24, 2.45) is 17.6 Å². The number of carbonyl (C=O) groups is 1. The van der Waals surface area contributed by atoms with Crippen LogP contribution in [0.1, 0.15) is 39.0 Å². The van der Waals surface area contributed by atoms with E-state index in [2.05, 4.69) is 11.7 Å². The van der Waals surface area contributed by atoms with E-state index in [0.29, 0.717) is 5.92 Å². The minimum Gasteiger partial charge on any atom is -0.468 e. The van der Waals surface area contributed by atoms with Crippen LogP contribution in [0.3, 0.4) is 0 Å². The highest BCUT2D eigenvalue weighted by molar-refractivity contribution is 5.75. The molecule has 14 heavy (non-hydrogen) atoms. The van der Waals surface area contributed by atoms with Gasteiger partial charge in [-0.15, -0.1) is 0 Å². The lowest BCUT2D eigenvalue weighted by Gasteiger charge is -2.31. The average Bonchev–Trinajstić information content (AvgIpc) is 2.10. The number of nitrogens with two attached hydrogens (primary N) is 1. The van der Waals surface area contributed by atoms with Crippen LogP contribution in [0, 0.1) is 11.8 Å². The van der Waals surface area contributed by atoms with Gasteiger partial charge in [-0.1, -0.05) is 26.2 Å². The molecular weight excluding hydrogens is 178 g/mol. The average molecular weight is 199 g/mol. The van der Waals surface area contributed by atoms with Gasteiger partial charge in [0.15, 0.2) is 0 Å². The fraction of sp³-hybridized carbons (Fsp3) is 0.909. The maximum atomic E-state index is 11.0. The van der Waals surface area contributed by atoms with E-state index in [4.69, 9.17) is 5.73 Å². The second-order valence-electron chi connectivity index (χ2n) is 4.38. The summed E-state index contributed by atoms with van der Waals surface area (Å²) in [6.07, 6.45) is 5.88. The molecule has 3 heteroatoms. The quantitative estimate of drug-likeness (QED) is 0.686. The number of hydrogen-bond acceptors (Lipinski definition) is 3. The van der Waals surface area contributed by atoms with E-state index < -0.39 is 6.04 Å². The molecule has 3 nitrogen and oxygen atoms in total. The summed E-state index contributed by atoms with van der Waals surface area (Å²) in [5.74, 6) is 1.30. The highest BCUT2D eigenvalue weighted by atomic mass is 16.5. The van der Waals surface area contributed by atoms with Crippen LogP contribution in [0.15, 0.2) is 0 Å². The zero-order chi connectivity index (χ0) is 10.6. The van der Waals surface area contributed by atoms with Crippen LogP contribution in [0.25, 0.3) is 0 Å². The molecule has 1 saturated carbocycles. The summed E-state index contributed by atoms with van der Waals surface area (Å²) in [6.45, 7) is 2.26. The second-order valence-corrected chi connectivity index (χ2v) is 4.38. The van der Waals surface area contributed by atoms with Gasteiger partial charge in [0.1, 0.15) is 6.04 Å². The van der Waals surface area contributed by atoms with E-state index in [9.17, 15) is 4.79 Å². The summed E-state index contributed by atoms with van der Waals surface area (Å²) in [5.41, 5.74) is 5.66. The lowest BCUT2D eigenvalue weighted by atomic mass is 9.75. The Morgan fingerprint density at radius 2 is 2.14 bits per heavy atom. The summed E-state index contributed by atoms with van der Waals surface area (Å²) in [7, 11) is 1.39. The molecule has 0 bridgehead atoms. The van der Waals surface area contributed by atoms with E-state index in [1.54, 1.807) is 0 Å². The number of hydrogen-bond donors (Lipinski definition) is 1. The third-order valence-electron chi connectivity index (χ3n) is 3.39. The first-order valence-corrected chi connectivity index (χ1v) is 5.48. The Labute approximate surface area is 86.0 Å². The van der Waals surface area contributed by atoms with Crippen molar-refractivity contribution < 1.29 is 9.53 Å². The van der Waals surface area contributed by atoms with Crippen LogP contribution >= 0.6 is 0 Å². The fourth-order valence-corrected chi connectivity index (χ4v) is 1.96. The van der Waals surface area contributed by atoms with Crippen LogP contribution < -0.4 is 5.73 Å². The molecule has 0 amide bonds. The molecule has 2 atom stereocenters. The van der Waals surface area contributed by atoms with Crippen molar-refractivity contribution in [1.29, 1.82) is 0 Å². The summed E-state index contributed by atoms with van der Waals surface area (Å²) in [6, 6.07) is -0.428. The Balaban J connectivity index is 2.15. The first-order chi connectivity index (χ1) is 6.65. The normalized spacial score (nSPS) is 21.1. The van der Waals surface area contributed by atoms with Crippen molar-refractivity contribution in [3.05, 3.63) is 0 Å². The van der Waals surface area contributed by atoms with Gasteiger partial charge in [0.2, 0.25) is 0 Å². The molecule has 0 aromatic rings. The maximum absolute atomic E-state index is 11.0. The minimum atomic E-state index is -0.428. The van der Waals surface area contributed by atoms with Crippen LogP contribution in [0.4, 0.5) is 0 Å². The number of esters is 1. The van der Waals surface area contributed by atoms with Gasteiger partial charge in [-0.2, -0.15) is 0 Å². The zero-order valence-electron chi connectivity index (χ0n) is 9.16. The largest absolute Gasteiger partial charge is 0.468 e. The molecule has 0 aromatic heterocycles. The first-order valence-electron chi connectivity index (χ1n) is 5.48. The van der Waals surface area contributed by atoms with Crippen molar-refractivity contribution in [2.75, 3.05) is 7.11 Å². The lowest BCUT2D eigenvalue weighted by molar-refractivity contribution is -0.142. The van der Waals surface area contributed by atoms with Crippen molar-refractivity contribution >= 4 is 5.97 Å². The SMILES string of the molecule is COC(=O)C(N)CCC(C)C1CCC1. The third kappa shape index (κ3) is 2.98. The zero-order valence-corrected chi connectivity index (χ0v) is 9.16. The predicted molar refractivity (Wildman–Crippen MR) is 55.7 cm³/mol. The molecule has 0 aliphatic heterocycles. The molecule has 0 saturated heterocycles. The molecule has 0 radical (unpaired) electrons. The van der Waals surface area contributed by atoms with Crippen LogP contribution in [0.5, 0.6) is 0 Å².